The van der Waals surface area contributed by atoms with Crippen LogP contribution in [-0.4, -0.2) is 50.4 Å². The van der Waals surface area contributed by atoms with Gasteiger partial charge in [-0.15, -0.1) is 0 Å². The maximum absolute atomic E-state index is 4.79. The second kappa shape index (κ2) is 7.91. The molecule has 3 rings (SSSR count). The molecule has 1 aliphatic heterocycles. The van der Waals surface area contributed by atoms with E-state index in [0.29, 0.717) is 12.0 Å². The van der Waals surface area contributed by atoms with Gasteiger partial charge in [0.15, 0.2) is 0 Å². The highest BCUT2D eigenvalue weighted by molar-refractivity contribution is 5.34. The fourth-order valence-electron chi connectivity index (χ4n) is 3.32. The highest BCUT2D eigenvalue weighted by Crippen LogP contribution is 2.18. The van der Waals surface area contributed by atoms with Crippen molar-refractivity contribution < 1.29 is 0 Å². The first-order valence-corrected chi connectivity index (χ1v) is 9.17. The monoisotopic (exact) mass is 343 g/mol. The van der Waals surface area contributed by atoms with E-state index in [1.165, 1.54) is 0 Å². The van der Waals surface area contributed by atoms with Crippen LogP contribution in [0.15, 0.2) is 12.4 Å². The summed E-state index contributed by atoms with van der Waals surface area (Å²) in [6.45, 7) is 9.39. The molecule has 3 heterocycles. The van der Waals surface area contributed by atoms with E-state index in [4.69, 9.17) is 4.98 Å². The van der Waals surface area contributed by atoms with Gasteiger partial charge < -0.3 is 10.2 Å². The van der Waals surface area contributed by atoms with Crippen LogP contribution in [0.2, 0.25) is 0 Å². The summed E-state index contributed by atoms with van der Waals surface area (Å²) >= 11 is 0. The smallest absolute Gasteiger partial charge is 0.225 e. The Labute approximate surface area is 149 Å². The number of hydrogen-bond donors (Lipinski definition) is 1. The third-order valence-electron chi connectivity index (χ3n) is 4.57. The van der Waals surface area contributed by atoms with Crippen LogP contribution in [0.5, 0.6) is 0 Å². The fourth-order valence-corrected chi connectivity index (χ4v) is 3.32. The van der Waals surface area contributed by atoms with Crippen LogP contribution in [0.1, 0.15) is 37.5 Å². The number of aromatic nitrogens is 5. The molecule has 25 heavy (non-hydrogen) atoms. The zero-order valence-electron chi connectivity index (χ0n) is 15.7. The van der Waals surface area contributed by atoms with E-state index in [-0.39, 0.29) is 0 Å². The number of nitrogens with one attached hydrogen (secondary N) is 1. The van der Waals surface area contributed by atoms with E-state index in [2.05, 4.69) is 52.1 Å². The summed E-state index contributed by atoms with van der Waals surface area (Å²) in [5.74, 6) is 2.51. The summed E-state index contributed by atoms with van der Waals surface area (Å²) in [6, 6.07) is 2.59. The van der Waals surface area contributed by atoms with Gasteiger partial charge in [-0.1, -0.05) is 13.8 Å². The van der Waals surface area contributed by atoms with Crippen LogP contribution in [0.25, 0.3) is 0 Å². The lowest BCUT2D eigenvalue weighted by Gasteiger charge is -2.18. The molecule has 1 unspecified atom stereocenters. The maximum Gasteiger partial charge on any atom is 0.225 e. The highest BCUT2D eigenvalue weighted by atomic mass is 15.3. The zero-order chi connectivity index (χ0) is 17.8. The van der Waals surface area contributed by atoms with Gasteiger partial charge in [-0.3, -0.25) is 4.68 Å². The van der Waals surface area contributed by atoms with Gasteiger partial charge in [0, 0.05) is 50.5 Å². The molecule has 0 saturated carbocycles. The first kappa shape index (κ1) is 17.8. The van der Waals surface area contributed by atoms with Crippen LogP contribution in [0.3, 0.4) is 0 Å². The molecule has 136 valence electrons. The van der Waals surface area contributed by atoms with E-state index in [9.17, 15) is 0 Å². The van der Waals surface area contributed by atoms with Crippen LogP contribution in [0.4, 0.5) is 5.95 Å². The predicted molar refractivity (Wildman–Crippen MR) is 98.6 cm³/mol. The predicted octanol–water partition coefficient (Wildman–Crippen LogP) is 1.52. The molecule has 0 aromatic carbocycles. The van der Waals surface area contributed by atoms with Crippen molar-refractivity contribution in [3.8, 4) is 0 Å². The third kappa shape index (κ3) is 4.75. The standard InChI is InChI=1S/C18H29N7/c1-13(2)9-16-10-14(3)22-18(23-16)25-8-6-15(11-25)19-7-5-17-20-12-21-24(17)4/h10,12-13,15,19H,5-9,11H2,1-4H3. The molecule has 0 aliphatic carbocycles. The summed E-state index contributed by atoms with van der Waals surface area (Å²) in [5.41, 5.74) is 2.20. The Morgan fingerprint density at radius 2 is 2.16 bits per heavy atom. The molecule has 7 heteroatoms. The fraction of sp³-hybridized carbons (Fsp3) is 0.667. The Morgan fingerprint density at radius 1 is 1.32 bits per heavy atom. The minimum absolute atomic E-state index is 0.478. The minimum atomic E-state index is 0.478. The molecule has 0 bridgehead atoms. The van der Waals surface area contributed by atoms with E-state index < -0.39 is 0 Å². The van der Waals surface area contributed by atoms with Crippen molar-refractivity contribution >= 4 is 5.95 Å². The first-order valence-electron chi connectivity index (χ1n) is 9.17. The van der Waals surface area contributed by atoms with Gasteiger partial charge >= 0.3 is 0 Å². The quantitative estimate of drug-likeness (QED) is 0.822. The van der Waals surface area contributed by atoms with Gasteiger partial charge in [0.2, 0.25) is 5.95 Å². The van der Waals surface area contributed by atoms with Crippen LogP contribution < -0.4 is 10.2 Å². The van der Waals surface area contributed by atoms with E-state index in [1.54, 1.807) is 6.33 Å². The van der Waals surface area contributed by atoms with Crippen molar-refractivity contribution in [2.75, 3.05) is 24.5 Å². The van der Waals surface area contributed by atoms with E-state index >= 15 is 0 Å². The van der Waals surface area contributed by atoms with Crippen molar-refractivity contribution in [1.82, 2.24) is 30.0 Å². The lowest BCUT2D eigenvalue weighted by atomic mass is 10.1. The molecule has 1 N–H and O–H groups in total. The molecule has 0 amide bonds. The Balaban J connectivity index is 1.53. The largest absolute Gasteiger partial charge is 0.339 e. The van der Waals surface area contributed by atoms with Crippen molar-refractivity contribution in [3.05, 3.63) is 29.6 Å². The number of rotatable bonds is 7. The Bertz CT molecular complexity index is 694. The van der Waals surface area contributed by atoms with Gasteiger partial charge in [0.25, 0.3) is 0 Å². The Kier molecular flexibility index (Phi) is 5.63. The van der Waals surface area contributed by atoms with Crippen LogP contribution in [-0.2, 0) is 19.9 Å². The van der Waals surface area contributed by atoms with Gasteiger partial charge in [0.05, 0.1) is 0 Å². The summed E-state index contributed by atoms with van der Waals surface area (Å²) in [5, 5.41) is 7.74. The van der Waals surface area contributed by atoms with Crippen molar-refractivity contribution in [2.45, 2.75) is 46.1 Å². The summed E-state index contributed by atoms with van der Waals surface area (Å²) in [7, 11) is 1.93. The molecular formula is C18H29N7. The van der Waals surface area contributed by atoms with Gasteiger partial charge in [-0.05, 0) is 31.7 Å². The van der Waals surface area contributed by atoms with Gasteiger partial charge in [-0.25, -0.2) is 15.0 Å². The summed E-state index contributed by atoms with van der Waals surface area (Å²) in [6.07, 6.45) is 4.63. The molecule has 0 radical (unpaired) electrons. The third-order valence-corrected chi connectivity index (χ3v) is 4.57. The van der Waals surface area contributed by atoms with Crippen LogP contribution in [0, 0.1) is 12.8 Å². The number of anilines is 1. The second-order valence-electron chi connectivity index (χ2n) is 7.33. The van der Waals surface area contributed by atoms with Crippen LogP contribution >= 0.6 is 0 Å². The van der Waals surface area contributed by atoms with Gasteiger partial charge in [-0.2, -0.15) is 5.10 Å². The first-order chi connectivity index (χ1) is 12.0. The number of hydrogen-bond acceptors (Lipinski definition) is 6. The molecule has 1 saturated heterocycles. The van der Waals surface area contributed by atoms with E-state index in [0.717, 1.165) is 62.1 Å². The normalized spacial score (nSPS) is 17.6. The van der Waals surface area contributed by atoms with Crippen molar-refractivity contribution in [2.24, 2.45) is 13.0 Å². The topological polar surface area (TPSA) is 71.8 Å². The highest BCUT2D eigenvalue weighted by Gasteiger charge is 2.24. The SMILES string of the molecule is Cc1cc(CC(C)C)nc(N2CCC(NCCc3ncnn3C)C2)n1. The van der Waals surface area contributed by atoms with Crippen molar-refractivity contribution in [1.29, 1.82) is 0 Å². The molecule has 2 aromatic rings. The average Bonchev–Trinajstić information content (AvgIpc) is 3.16. The summed E-state index contributed by atoms with van der Waals surface area (Å²) in [4.78, 5) is 16.0. The maximum atomic E-state index is 4.79. The van der Waals surface area contributed by atoms with E-state index in [1.807, 2.05) is 11.7 Å². The molecular weight excluding hydrogens is 314 g/mol. The Hall–Kier alpha value is -2.02. The molecule has 2 aromatic heterocycles. The minimum Gasteiger partial charge on any atom is -0.339 e. The second-order valence-corrected chi connectivity index (χ2v) is 7.33. The number of aryl methyl sites for hydroxylation is 2. The lowest BCUT2D eigenvalue weighted by molar-refractivity contribution is 0.541. The van der Waals surface area contributed by atoms with Crippen molar-refractivity contribution in [3.63, 3.8) is 0 Å². The Morgan fingerprint density at radius 3 is 2.88 bits per heavy atom. The molecule has 7 nitrogen and oxygen atoms in total. The molecule has 0 spiro atoms. The molecule has 1 fully saturated rings. The number of nitrogens with zero attached hydrogens (tertiary/aromatic N) is 6. The summed E-state index contributed by atoms with van der Waals surface area (Å²) < 4.78 is 1.83. The average molecular weight is 343 g/mol. The molecule has 1 atom stereocenters. The zero-order valence-corrected chi connectivity index (χ0v) is 15.7. The molecule has 1 aliphatic rings. The van der Waals surface area contributed by atoms with Gasteiger partial charge in [0.1, 0.15) is 12.2 Å². The lowest BCUT2D eigenvalue weighted by Crippen LogP contribution is -2.34.